The zero-order valence-electron chi connectivity index (χ0n) is 9.85. The molecular weight excluding hydrogens is 264 g/mol. The monoisotopic (exact) mass is 276 g/mol. The van der Waals surface area contributed by atoms with Gasteiger partial charge in [-0.3, -0.25) is 10.1 Å². The van der Waals surface area contributed by atoms with Crippen molar-refractivity contribution in [1.29, 1.82) is 0 Å². The van der Waals surface area contributed by atoms with Crippen molar-refractivity contribution < 1.29 is 22.4 Å². The van der Waals surface area contributed by atoms with Crippen molar-refractivity contribution in [2.45, 2.75) is 24.6 Å². The van der Waals surface area contributed by atoms with Crippen LogP contribution in [0.2, 0.25) is 0 Å². The Morgan fingerprint density at radius 1 is 1.32 bits per heavy atom. The zero-order valence-corrected chi connectivity index (χ0v) is 9.85. The first-order chi connectivity index (χ1) is 8.82. The Balaban J connectivity index is 1.86. The summed E-state index contributed by atoms with van der Waals surface area (Å²) >= 11 is 0. The van der Waals surface area contributed by atoms with Gasteiger partial charge in [0.15, 0.2) is 0 Å². The highest BCUT2D eigenvalue weighted by Crippen LogP contribution is 2.48. The molecule has 1 fully saturated rings. The number of alkyl halides is 3. The molecular formula is C12H12F4N2O. The molecule has 0 spiro atoms. The molecule has 0 unspecified atom stereocenters. The third-order valence-corrected chi connectivity index (χ3v) is 2.99. The molecule has 0 aromatic heterocycles. The van der Waals surface area contributed by atoms with E-state index in [0.29, 0.717) is 0 Å². The first kappa shape index (κ1) is 13.8. The number of halogens is 4. The number of hydrogen-bond acceptors (Lipinski definition) is 2. The van der Waals surface area contributed by atoms with Gasteiger partial charge in [0.2, 0.25) is 5.91 Å². The number of hydrogen-bond donors (Lipinski definition) is 2. The lowest BCUT2D eigenvalue weighted by Gasteiger charge is -2.20. The largest absolute Gasteiger partial charge is 0.406 e. The Hall–Kier alpha value is -1.63. The topological polar surface area (TPSA) is 41.1 Å². The summed E-state index contributed by atoms with van der Waals surface area (Å²) in [7, 11) is 0. The fourth-order valence-electron chi connectivity index (χ4n) is 1.71. The van der Waals surface area contributed by atoms with Crippen LogP contribution in [0.1, 0.15) is 12.8 Å². The second-order valence-corrected chi connectivity index (χ2v) is 4.49. The van der Waals surface area contributed by atoms with Gasteiger partial charge in [0.25, 0.3) is 0 Å². The summed E-state index contributed by atoms with van der Waals surface area (Å²) in [5.41, 5.74) is -1.71. The van der Waals surface area contributed by atoms with Gasteiger partial charge >= 0.3 is 6.18 Å². The van der Waals surface area contributed by atoms with Gasteiger partial charge in [-0.1, -0.05) is 6.07 Å². The number of rotatable bonds is 4. The van der Waals surface area contributed by atoms with E-state index >= 15 is 0 Å². The van der Waals surface area contributed by atoms with Gasteiger partial charge < -0.3 is 5.32 Å². The summed E-state index contributed by atoms with van der Waals surface area (Å²) in [6.45, 7) is -0.462. The summed E-state index contributed by atoms with van der Waals surface area (Å²) in [6.07, 6.45) is -4.40. The normalized spacial score (nSPS) is 17.1. The zero-order chi connectivity index (χ0) is 14.1. The average molecular weight is 276 g/mol. The summed E-state index contributed by atoms with van der Waals surface area (Å²) < 4.78 is 50.6. The van der Waals surface area contributed by atoms with Gasteiger partial charge in [-0.2, -0.15) is 13.2 Å². The van der Waals surface area contributed by atoms with Gasteiger partial charge in [0.05, 0.1) is 6.54 Å². The Kier molecular flexibility index (Phi) is 3.49. The molecule has 19 heavy (non-hydrogen) atoms. The molecule has 104 valence electrons. The van der Waals surface area contributed by atoms with Gasteiger partial charge in [-0.05, 0) is 31.0 Å². The number of nitrogens with one attached hydrogen (secondary N) is 2. The second kappa shape index (κ2) is 4.80. The van der Waals surface area contributed by atoms with E-state index in [2.05, 4.69) is 10.6 Å². The molecule has 2 rings (SSSR count). The maximum Gasteiger partial charge on any atom is 0.406 e. The predicted molar refractivity (Wildman–Crippen MR) is 61.1 cm³/mol. The molecule has 0 heterocycles. The van der Waals surface area contributed by atoms with Crippen LogP contribution in [-0.4, -0.2) is 24.2 Å². The maximum absolute atomic E-state index is 12.8. The lowest BCUT2D eigenvalue weighted by atomic mass is 10.2. The van der Waals surface area contributed by atoms with Crippen molar-refractivity contribution >= 4 is 11.6 Å². The second-order valence-electron chi connectivity index (χ2n) is 4.49. The molecule has 0 atom stereocenters. The van der Waals surface area contributed by atoms with Crippen LogP contribution in [0.4, 0.5) is 23.2 Å². The van der Waals surface area contributed by atoms with Gasteiger partial charge in [-0.15, -0.1) is 0 Å². The van der Waals surface area contributed by atoms with Crippen molar-refractivity contribution in [3.05, 3.63) is 30.1 Å². The summed E-state index contributed by atoms with van der Waals surface area (Å²) in [5, 5.41) is 4.54. The molecule has 0 saturated heterocycles. The van der Waals surface area contributed by atoms with Gasteiger partial charge in [0.1, 0.15) is 11.4 Å². The fraction of sp³-hybridized carbons (Fsp3) is 0.417. The molecule has 1 saturated carbocycles. The molecule has 0 radical (unpaired) electrons. The average Bonchev–Trinajstić information content (AvgIpc) is 3.06. The Morgan fingerprint density at radius 3 is 2.53 bits per heavy atom. The van der Waals surface area contributed by atoms with E-state index in [1.165, 1.54) is 18.2 Å². The van der Waals surface area contributed by atoms with E-state index < -0.39 is 30.0 Å². The van der Waals surface area contributed by atoms with Gasteiger partial charge in [0, 0.05) is 5.69 Å². The summed E-state index contributed by atoms with van der Waals surface area (Å²) in [5.74, 6) is -1.17. The van der Waals surface area contributed by atoms with Crippen LogP contribution >= 0.6 is 0 Å². The van der Waals surface area contributed by atoms with Crippen LogP contribution in [0, 0.1) is 5.82 Å². The highest BCUT2D eigenvalue weighted by atomic mass is 19.4. The van der Waals surface area contributed by atoms with Crippen LogP contribution in [-0.2, 0) is 4.79 Å². The molecule has 7 heteroatoms. The maximum atomic E-state index is 12.8. The fourth-order valence-corrected chi connectivity index (χ4v) is 1.71. The van der Waals surface area contributed by atoms with Crippen LogP contribution in [0.15, 0.2) is 24.3 Å². The summed E-state index contributed by atoms with van der Waals surface area (Å²) in [6, 6.07) is 5.15. The highest BCUT2D eigenvalue weighted by Gasteiger charge is 2.63. The first-order valence-electron chi connectivity index (χ1n) is 5.70. The third kappa shape index (κ3) is 3.23. The quantitative estimate of drug-likeness (QED) is 0.829. The minimum atomic E-state index is -4.36. The van der Waals surface area contributed by atoms with E-state index in [1.54, 1.807) is 0 Å². The number of benzene rings is 1. The smallest absolute Gasteiger partial charge is 0.325 e. The third-order valence-electron chi connectivity index (χ3n) is 2.99. The van der Waals surface area contributed by atoms with Crippen molar-refractivity contribution in [3.63, 3.8) is 0 Å². The van der Waals surface area contributed by atoms with Crippen LogP contribution in [0.5, 0.6) is 0 Å². The van der Waals surface area contributed by atoms with Crippen molar-refractivity contribution in [3.8, 4) is 0 Å². The molecule has 1 aromatic rings. The van der Waals surface area contributed by atoms with Crippen LogP contribution < -0.4 is 10.6 Å². The molecule has 1 aliphatic carbocycles. The molecule has 0 aliphatic heterocycles. The SMILES string of the molecule is O=C(CNC1(C(F)(F)F)CC1)Nc1cccc(F)c1. The lowest BCUT2D eigenvalue weighted by Crippen LogP contribution is -2.47. The van der Waals surface area contributed by atoms with Crippen molar-refractivity contribution in [1.82, 2.24) is 5.32 Å². The standard InChI is InChI=1S/C12H12F4N2O/c13-8-2-1-3-9(6-8)18-10(19)7-17-11(4-5-11)12(14,15)16/h1-3,6,17H,4-5,7H2,(H,18,19). The van der Waals surface area contributed by atoms with E-state index in [9.17, 15) is 22.4 Å². The van der Waals surface area contributed by atoms with E-state index in [4.69, 9.17) is 0 Å². The molecule has 1 amide bonds. The Labute approximate surface area is 107 Å². The minimum Gasteiger partial charge on any atom is -0.325 e. The number of carbonyl (C=O) groups excluding carboxylic acids is 1. The number of anilines is 1. The molecule has 3 nitrogen and oxygen atoms in total. The summed E-state index contributed by atoms with van der Waals surface area (Å²) in [4.78, 5) is 11.5. The Bertz CT molecular complexity index is 483. The predicted octanol–water partition coefficient (Wildman–Crippen LogP) is 2.45. The molecule has 1 aromatic carbocycles. The number of carbonyl (C=O) groups is 1. The van der Waals surface area contributed by atoms with Gasteiger partial charge in [-0.25, -0.2) is 4.39 Å². The van der Waals surface area contributed by atoms with E-state index in [-0.39, 0.29) is 18.5 Å². The van der Waals surface area contributed by atoms with E-state index in [0.717, 1.165) is 6.07 Å². The van der Waals surface area contributed by atoms with Crippen LogP contribution in [0.25, 0.3) is 0 Å². The first-order valence-corrected chi connectivity index (χ1v) is 5.70. The highest BCUT2D eigenvalue weighted by molar-refractivity contribution is 5.92. The van der Waals surface area contributed by atoms with Crippen LogP contribution in [0.3, 0.4) is 0 Å². The Morgan fingerprint density at radius 2 is 2.00 bits per heavy atom. The molecule has 0 bridgehead atoms. The molecule has 2 N–H and O–H groups in total. The van der Waals surface area contributed by atoms with Crippen molar-refractivity contribution in [2.24, 2.45) is 0 Å². The molecule has 1 aliphatic rings. The van der Waals surface area contributed by atoms with E-state index in [1.807, 2.05) is 0 Å². The minimum absolute atomic E-state index is 0.0241. The van der Waals surface area contributed by atoms with Crippen molar-refractivity contribution in [2.75, 3.05) is 11.9 Å². The lowest BCUT2D eigenvalue weighted by molar-refractivity contribution is -0.165. The number of amides is 1.